The van der Waals surface area contributed by atoms with Gasteiger partial charge in [-0.2, -0.15) is 9.78 Å². The van der Waals surface area contributed by atoms with Gasteiger partial charge < -0.3 is 14.4 Å². The quantitative estimate of drug-likeness (QED) is 0.624. The first kappa shape index (κ1) is 19.9. The zero-order chi connectivity index (χ0) is 21.2. The molecule has 1 atom stereocenters. The molecule has 160 valence electrons. The molecule has 0 saturated carbocycles. The van der Waals surface area contributed by atoms with Crippen molar-refractivity contribution in [2.24, 2.45) is 0 Å². The van der Waals surface area contributed by atoms with Gasteiger partial charge in [-0.15, -0.1) is 0 Å². The lowest BCUT2D eigenvalue weighted by Gasteiger charge is -2.38. The predicted molar refractivity (Wildman–Crippen MR) is 120 cm³/mol. The van der Waals surface area contributed by atoms with Crippen LogP contribution >= 0.6 is 11.6 Å². The van der Waals surface area contributed by atoms with Gasteiger partial charge in [0, 0.05) is 32.7 Å². The highest BCUT2D eigenvalue weighted by Crippen LogP contribution is 2.31. The molecule has 7 nitrogen and oxygen atoms in total. The molecule has 1 saturated heterocycles. The Labute approximate surface area is 185 Å². The Morgan fingerprint density at radius 2 is 1.68 bits per heavy atom. The lowest BCUT2D eigenvalue weighted by molar-refractivity contribution is 0.0571. The average Bonchev–Trinajstić information content (AvgIpc) is 2.82. The van der Waals surface area contributed by atoms with E-state index < -0.39 is 0 Å². The van der Waals surface area contributed by atoms with Crippen molar-refractivity contribution >= 4 is 17.3 Å². The third kappa shape index (κ3) is 4.11. The maximum atomic E-state index is 12.8. The summed E-state index contributed by atoms with van der Waals surface area (Å²) < 4.78 is 13.2. The van der Waals surface area contributed by atoms with Crippen molar-refractivity contribution in [1.29, 1.82) is 0 Å². The van der Waals surface area contributed by atoms with Crippen LogP contribution in [0.5, 0.6) is 11.5 Å². The fraction of sp³-hybridized carbons (Fsp3) is 0.304. The number of anilines is 1. The molecule has 2 aliphatic rings. The van der Waals surface area contributed by atoms with E-state index in [4.69, 9.17) is 21.1 Å². The van der Waals surface area contributed by atoms with Crippen molar-refractivity contribution < 1.29 is 9.47 Å². The van der Waals surface area contributed by atoms with Gasteiger partial charge in [-0.05, 0) is 24.3 Å². The Morgan fingerprint density at radius 3 is 2.45 bits per heavy atom. The number of rotatable bonds is 4. The average molecular weight is 439 g/mol. The minimum Gasteiger partial charge on any atom is -0.486 e. The molecule has 31 heavy (non-hydrogen) atoms. The summed E-state index contributed by atoms with van der Waals surface area (Å²) in [5.41, 5.74) is 1.07. The van der Waals surface area contributed by atoms with Crippen LogP contribution in [0.4, 0.5) is 5.69 Å². The van der Waals surface area contributed by atoms with Crippen LogP contribution in [0.2, 0.25) is 5.02 Å². The molecular weight excluding hydrogens is 416 g/mol. The maximum Gasteiger partial charge on any atom is 0.292 e. The highest BCUT2D eigenvalue weighted by Gasteiger charge is 2.26. The van der Waals surface area contributed by atoms with Crippen molar-refractivity contribution in [2.75, 3.05) is 44.2 Å². The SMILES string of the molecule is O=c1c(Cl)c(N2CCN(C[C@H]3COc4ccccc4O3)CC2)cnn1-c1ccccc1. The van der Waals surface area contributed by atoms with Crippen molar-refractivity contribution in [3.05, 3.63) is 76.2 Å². The number of nitrogens with zero attached hydrogens (tertiary/aromatic N) is 4. The molecular formula is C23H23ClN4O3. The number of aromatic nitrogens is 2. The van der Waals surface area contributed by atoms with Gasteiger partial charge >= 0.3 is 0 Å². The summed E-state index contributed by atoms with van der Waals surface area (Å²) in [6.45, 7) is 4.56. The highest BCUT2D eigenvalue weighted by atomic mass is 35.5. The van der Waals surface area contributed by atoms with Gasteiger partial charge in [0.05, 0.1) is 17.6 Å². The summed E-state index contributed by atoms with van der Waals surface area (Å²) in [4.78, 5) is 17.2. The van der Waals surface area contributed by atoms with Gasteiger partial charge in [0.25, 0.3) is 5.56 Å². The smallest absolute Gasteiger partial charge is 0.292 e. The lowest BCUT2D eigenvalue weighted by Crippen LogP contribution is -2.51. The molecule has 2 aliphatic heterocycles. The first-order valence-corrected chi connectivity index (χ1v) is 10.8. The number of hydrogen-bond donors (Lipinski definition) is 0. The Bertz CT molecular complexity index is 1110. The summed E-state index contributed by atoms with van der Waals surface area (Å²) in [6.07, 6.45) is 1.68. The standard InChI is InChI=1S/C23H23ClN4O3/c24-22-19(14-25-28(23(22)29)17-6-2-1-3-7-17)27-12-10-26(11-13-27)15-18-16-30-20-8-4-5-9-21(20)31-18/h1-9,14,18H,10-13,15-16H2/t18-/m0/s1. The van der Waals surface area contributed by atoms with E-state index in [1.165, 1.54) is 4.68 Å². The first-order valence-electron chi connectivity index (χ1n) is 10.4. The minimum absolute atomic E-state index is 0.00139. The molecule has 1 fully saturated rings. The van der Waals surface area contributed by atoms with Gasteiger partial charge in [-0.3, -0.25) is 9.69 Å². The number of piperazine rings is 1. The third-order valence-corrected chi connectivity index (χ3v) is 6.00. The van der Waals surface area contributed by atoms with E-state index >= 15 is 0 Å². The lowest BCUT2D eigenvalue weighted by atomic mass is 10.2. The number of para-hydroxylation sites is 3. The monoisotopic (exact) mass is 438 g/mol. The Kier molecular flexibility index (Phi) is 5.53. The molecule has 1 aromatic heterocycles. The van der Waals surface area contributed by atoms with E-state index in [-0.39, 0.29) is 16.7 Å². The summed E-state index contributed by atoms with van der Waals surface area (Å²) in [7, 11) is 0. The molecule has 0 bridgehead atoms. The van der Waals surface area contributed by atoms with Crippen LogP contribution in [-0.2, 0) is 0 Å². The third-order valence-electron chi connectivity index (χ3n) is 5.64. The van der Waals surface area contributed by atoms with E-state index in [1.54, 1.807) is 6.20 Å². The molecule has 0 aliphatic carbocycles. The van der Waals surface area contributed by atoms with Gasteiger partial charge in [0.15, 0.2) is 11.5 Å². The summed E-state index contributed by atoms with van der Waals surface area (Å²) in [5, 5.41) is 4.55. The van der Waals surface area contributed by atoms with Crippen molar-refractivity contribution in [3.63, 3.8) is 0 Å². The number of halogens is 1. The largest absolute Gasteiger partial charge is 0.486 e. The second-order valence-electron chi connectivity index (χ2n) is 7.68. The first-order chi connectivity index (χ1) is 15.2. The van der Waals surface area contributed by atoms with E-state index in [9.17, 15) is 4.79 Å². The van der Waals surface area contributed by atoms with Crippen LogP contribution < -0.4 is 19.9 Å². The predicted octanol–water partition coefficient (Wildman–Crippen LogP) is 2.85. The summed E-state index contributed by atoms with van der Waals surface area (Å²) >= 11 is 6.46. The zero-order valence-electron chi connectivity index (χ0n) is 17.0. The molecule has 0 unspecified atom stereocenters. The van der Waals surface area contributed by atoms with Crippen molar-refractivity contribution in [1.82, 2.24) is 14.7 Å². The van der Waals surface area contributed by atoms with Gasteiger partial charge in [-0.25, -0.2) is 0 Å². The van der Waals surface area contributed by atoms with Gasteiger partial charge in [-0.1, -0.05) is 41.9 Å². The van der Waals surface area contributed by atoms with Crippen LogP contribution in [-0.4, -0.2) is 60.1 Å². The number of benzene rings is 2. The van der Waals surface area contributed by atoms with Gasteiger partial charge in [0.1, 0.15) is 17.7 Å². The molecule has 8 heteroatoms. The fourth-order valence-corrected chi connectivity index (χ4v) is 4.26. The van der Waals surface area contributed by atoms with Crippen LogP contribution in [0, 0.1) is 0 Å². The Balaban J connectivity index is 1.22. The molecule has 0 N–H and O–H groups in total. The molecule has 3 aromatic rings. The van der Waals surface area contributed by atoms with E-state index in [0.29, 0.717) is 18.0 Å². The zero-order valence-corrected chi connectivity index (χ0v) is 17.7. The van der Waals surface area contributed by atoms with Gasteiger partial charge in [0.2, 0.25) is 0 Å². The normalized spacial score (nSPS) is 18.7. The van der Waals surface area contributed by atoms with Crippen LogP contribution in [0.3, 0.4) is 0 Å². The summed E-state index contributed by atoms with van der Waals surface area (Å²) in [6, 6.07) is 17.0. The number of fused-ring (bicyclic) bond motifs is 1. The molecule has 0 amide bonds. The molecule has 2 aromatic carbocycles. The van der Waals surface area contributed by atoms with Crippen LogP contribution in [0.25, 0.3) is 5.69 Å². The van der Waals surface area contributed by atoms with Crippen molar-refractivity contribution in [3.8, 4) is 17.2 Å². The Morgan fingerprint density at radius 1 is 0.968 bits per heavy atom. The molecule has 3 heterocycles. The number of ether oxygens (including phenoxy) is 2. The van der Waals surface area contributed by atoms with Crippen molar-refractivity contribution in [2.45, 2.75) is 6.10 Å². The summed E-state index contributed by atoms with van der Waals surface area (Å²) in [5.74, 6) is 1.60. The van der Waals surface area contributed by atoms with Crippen LogP contribution in [0.15, 0.2) is 65.6 Å². The van der Waals surface area contributed by atoms with E-state index in [0.717, 1.165) is 44.2 Å². The second kappa shape index (κ2) is 8.61. The van der Waals surface area contributed by atoms with E-state index in [2.05, 4.69) is 14.9 Å². The molecule has 0 radical (unpaired) electrons. The highest BCUT2D eigenvalue weighted by molar-refractivity contribution is 6.33. The Hall–Kier alpha value is -3.03. The fourth-order valence-electron chi connectivity index (χ4n) is 4.01. The number of hydrogen-bond acceptors (Lipinski definition) is 6. The maximum absolute atomic E-state index is 12.8. The second-order valence-corrected chi connectivity index (χ2v) is 8.06. The topological polar surface area (TPSA) is 59.8 Å². The minimum atomic E-state index is -0.306. The molecule has 5 rings (SSSR count). The van der Waals surface area contributed by atoms with E-state index in [1.807, 2.05) is 54.6 Å². The molecule has 0 spiro atoms. The van der Waals surface area contributed by atoms with Crippen LogP contribution in [0.1, 0.15) is 0 Å².